The van der Waals surface area contributed by atoms with Gasteiger partial charge in [0.2, 0.25) is 0 Å². The number of hydrogen-bond donors (Lipinski definition) is 0. The lowest BCUT2D eigenvalue weighted by Crippen LogP contribution is -2.37. The second kappa shape index (κ2) is 7.63. The SMILES string of the molecule is Cc1nc2ccc(CN3CCC(Oc4ccc(C#N)cc4F)CC3)cc2s1. The third kappa shape index (κ3) is 4.10. The van der Waals surface area contributed by atoms with Crippen LogP contribution in [-0.2, 0) is 6.54 Å². The lowest BCUT2D eigenvalue weighted by molar-refractivity contribution is 0.0935. The zero-order valence-electron chi connectivity index (χ0n) is 15.1. The van der Waals surface area contributed by atoms with Crippen molar-refractivity contribution in [1.82, 2.24) is 9.88 Å². The number of hydrogen-bond acceptors (Lipinski definition) is 5. The maximum atomic E-state index is 14.0. The minimum atomic E-state index is -0.468. The van der Waals surface area contributed by atoms with Gasteiger partial charge < -0.3 is 4.74 Å². The number of aromatic nitrogens is 1. The molecular formula is C21H20FN3OS. The normalized spacial score (nSPS) is 15.7. The first-order valence-electron chi connectivity index (χ1n) is 9.05. The number of piperidine rings is 1. The van der Waals surface area contributed by atoms with Crippen molar-refractivity contribution in [3.63, 3.8) is 0 Å². The Morgan fingerprint density at radius 2 is 2.07 bits per heavy atom. The molecule has 0 saturated carbocycles. The summed E-state index contributed by atoms with van der Waals surface area (Å²) in [4.78, 5) is 6.92. The number of thiazole rings is 1. The van der Waals surface area contributed by atoms with Crippen LogP contribution in [0, 0.1) is 24.1 Å². The Balaban J connectivity index is 1.33. The molecule has 6 heteroatoms. The van der Waals surface area contributed by atoms with Gasteiger partial charge in [0.05, 0.1) is 26.9 Å². The summed E-state index contributed by atoms with van der Waals surface area (Å²) in [7, 11) is 0. The van der Waals surface area contributed by atoms with Crippen molar-refractivity contribution in [3.05, 3.63) is 58.3 Å². The molecule has 3 aromatic rings. The number of aryl methyl sites for hydroxylation is 1. The van der Waals surface area contributed by atoms with Gasteiger partial charge in [0, 0.05) is 19.6 Å². The largest absolute Gasteiger partial charge is 0.487 e. The molecule has 0 unspecified atom stereocenters. The highest BCUT2D eigenvalue weighted by Gasteiger charge is 2.22. The molecule has 0 atom stereocenters. The Kier molecular flexibility index (Phi) is 5.06. The molecule has 1 saturated heterocycles. The minimum absolute atomic E-state index is 0.00955. The lowest BCUT2D eigenvalue weighted by Gasteiger charge is -2.32. The summed E-state index contributed by atoms with van der Waals surface area (Å²) >= 11 is 1.73. The van der Waals surface area contributed by atoms with Crippen LogP contribution >= 0.6 is 11.3 Å². The fraction of sp³-hybridized carbons (Fsp3) is 0.333. The number of benzene rings is 2. The van der Waals surface area contributed by atoms with Gasteiger partial charge >= 0.3 is 0 Å². The van der Waals surface area contributed by atoms with E-state index < -0.39 is 5.82 Å². The second-order valence-electron chi connectivity index (χ2n) is 6.89. The van der Waals surface area contributed by atoms with Gasteiger partial charge in [0.15, 0.2) is 11.6 Å². The smallest absolute Gasteiger partial charge is 0.166 e. The molecular weight excluding hydrogens is 361 g/mol. The first kappa shape index (κ1) is 17.9. The molecule has 1 aliphatic heterocycles. The van der Waals surface area contributed by atoms with Crippen LogP contribution in [0.4, 0.5) is 4.39 Å². The van der Waals surface area contributed by atoms with Crippen molar-refractivity contribution in [2.75, 3.05) is 13.1 Å². The summed E-state index contributed by atoms with van der Waals surface area (Å²) in [6.45, 7) is 4.78. The molecule has 0 spiro atoms. The van der Waals surface area contributed by atoms with Gasteiger partial charge in [0.1, 0.15) is 6.10 Å². The van der Waals surface area contributed by atoms with Crippen molar-refractivity contribution in [2.24, 2.45) is 0 Å². The van der Waals surface area contributed by atoms with Gasteiger partial charge in [-0.3, -0.25) is 4.90 Å². The maximum absolute atomic E-state index is 14.0. The van der Waals surface area contributed by atoms with Gasteiger partial charge in [-0.1, -0.05) is 6.07 Å². The summed E-state index contributed by atoms with van der Waals surface area (Å²) in [6.07, 6.45) is 1.73. The third-order valence-electron chi connectivity index (χ3n) is 4.86. The number of ether oxygens (including phenoxy) is 1. The fourth-order valence-corrected chi connectivity index (χ4v) is 4.36. The standard InChI is InChI=1S/C21H20FN3OS/c1-14-24-19-4-2-16(11-21(19)27-14)13-25-8-6-17(7-9-25)26-20-5-3-15(12-23)10-18(20)22/h2-5,10-11,17H,6-9,13H2,1H3. The first-order chi connectivity index (χ1) is 13.1. The Labute approximate surface area is 161 Å². The van der Waals surface area contributed by atoms with Gasteiger partial charge in [-0.15, -0.1) is 11.3 Å². The predicted octanol–water partition coefficient (Wildman–Crippen LogP) is 4.66. The van der Waals surface area contributed by atoms with E-state index in [1.807, 2.05) is 13.0 Å². The van der Waals surface area contributed by atoms with E-state index in [0.717, 1.165) is 43.0 Å². The molecule has 0 amide bonds. The van der Waals surface area contributed by atoms with Crippen molar-refractivity contribution in [3.8, 4) is 11.8 Å². The topological polar surface area (TPSA) is 49.2 Å². The fourth-order valence-electron chi connectivity index (χ4n) is 3.47. The van der Waals surface area contributed by atoms with Crippen LogP contribution in [0.15, 0.2) is 36.4 Å². The van der Waals surface area contributed by atoms with Crippen LogP contribution in [0.3, 0.4) is 0 Å². The molecule has 2 heterocycles. The van der Waals surface area contributed by atoms with Gasteiger partial charge in [-0.25, -0.2) is 9.37 Å². The average molecular weight is 381 g/mol. The Morgan fingerprint density at radius 3 is 2.81 bits per heavy atom. The van der Waals surface area contributed by atoms with Crippen LogP contribution in [-0.4, -0.2) is 29.1 Å². The Hall–Kier alpha value is -2.49. The molecule has 0 bridgehead atoms. The summed E-state index contributed by atoms with van der Waals surface area (Å²) in [5, 5.41) is 9.91. The molecule has 4 rings (SSSR count). The van der Waals surface area contributed by atoms with Crippen molar-refractivity contribution in [1.29, 1.82) is 5.26 Å². The molecule has 27 heavy (non-hydrogen) atoms. The molecule has 1 fully saturated rings. The number of fused-ring (bicyclic) bond motifs is 1. The van der Waals surface area contributed by atoms with E-state index in [1.165, 1.54) is 16.3 Å². The highest BCUT2D eigenvalue weighted by molar-refractivity contribution is 7.18. The van der Waals surface area contributed by atoms with Crippen molar-refractivity contribution in [2.45, 2.75) is 32.4 Å². The molecule has 0 N–H and O–H groups in total. The maximum Gasteiger partial charge on any atom is 0.166 e. The summed E-state index contributed by atoms with van der Waals surface area (Å²) in [5.41, 5.74) is 2.67. The van der Waals surface area contributed by atoms with E-state index in [0.29, 0.717) is 5.56 Å². The molecule has 0 radical (unpaired) electrons. The minimum Gasteiger partial charge on any atom is -0.487 e. The van der Waals surface area contributed by atoms with Crippen LogP contribution in [0.2, 0.25) is 0 Å². The number of likely N-dealkylation sites (tertiary alicyclic amines) is 1. The van der Waals surface area contributed by atoms with E-state index in [2.05, 4.69) is 28.1 Å². The monoisotopic (exact) mass is 381 g/mol. The molecule has 0 aliphatic carbocycles. The van der Waals surface area contributed by atoms with E-state index in [9.17, 15) is 4.39 Å². The van der Waals surface area contributed by atoms with Crippen molar-refractivity contribution < 1.29 is 9.13 Å². The van der Waals surface area contributed by atoms with Crippen LogP contribution in [0.25, 0.3) is 10.2 Å². The number of halogens is 1. The summed E-state index contributed by atoms with van der Waals surface area (Å²) in [5.74, 6) is -0.233. The molecule has 1 aliphatic rings. The zero-order valence-corrected chi connectivity index (χ0v) is 15.9. The lowest BCUT2D eigenvalue weighted by atomic mass is 10.1. The van der Waals surface area contributed by atoms with Gasteiger partial charge in [-0.05, 0) is 55.7 Å². The van der Waals surface area contributed by atoms with Gasteiger partial charge in [0.25, 0.3) is 0 Å². The molecule has 138 valence electrons. The van der Waals surface area contributed by atoms with E-state index in [-0.39, 0.29) is 11.9 Å². The van der Waals surface area contributed by atoms with E-state index in [4.69, 9.17) is 10.00 Å². The number of rotatable bonds is 4. The highest BCUT2D eigenvalue weighted by atomic mass is 32.1. The Bertz CT molecular complexity index is 1000. The van der Waals surface area contributed by atoms with Gasteiger partial charge in [-0.2, -0.15) is 5.26 Å². The van der Waals surface area contributed by atoms with Crippen LogP contribution in [0.1, 0.15) is 29.0 Å². The van der Waals surface area contributed by atoms with Crippen molar-refractivity contribution >= 4 is 21.6 Å². The second-order valence-corrected chi connectivity index (χ2v) is 8.12. The number of nitriles is 1. The first-order valence-corrected chi connectivity index (χ1v) is 9.87. The molecule has 2 aromatic carbocycles. The summed E-state index contributed by atoms with van der Waals surface area (Å²) < 4.78 is 21.1. The van der Waals surface area contributed by atoms with E-state index in [1.54, 1.807) is 23.5 Å². The quantitative estimate of drug-likeness (QED) is 0.660. The van der Waals surface area contributed by atoms with E-state index >= 15 is 0 Å². The van der Waals surface area contributed by atoms with Crippen LogP contribution in [0.5, 0.6) is 5.75 Å². The Morgan fingerprint density at radius 1 is 1.26 bits per heavy atom. The predicted molar refractivity (Wildman–Crippen MR) is 104 cm³/mol. The third-order valence-corrected chi connectivity index (χ3v) is 5.79. The molecule has 4 nitrogen and oxygen atoms in total. The summed E-state index contributed by atoms with van der Waals surface area (Å²) in [6, 6.07) is 12.8. The number of nitrogens with zero attached hydrogens (tertiary/aromatic N) is 3. The van der Waals surface area contributed by atoms with Crippen LogP contribution < -0.4 is 4.74 Å². The average Bonchev–Trinajstić information content (AvgIpc) is 3.04. The molecule has 1 aromatic heterocycles. The zero-order chi connectivity index (χ0) is 18.8. The highest BCUT2D eigenvalue weighted by Crippen LogP contribution is 2.26.